The van der Waals surface area contributed by atoms with Crippen LogP contribution in [0.5, 0.6) is 11.5 Å². The Hall–Kier alpha value is -3.32. The molecular weight excluding hydrogens is 316 g/mol. The SMILES string of the molecule is [c]1cccc2c1-c1ccccc1C21c2ccccc2Oc2ccccc21. The largest absolute Gasteiger partial charge is 0.457 e. The fourth-order valence-corrected chi connectivity index (χ4v) is 4.72. The van der Waals surface area contributed by atoms with Gasteiger partial charge in [-0.05, 0) is 40.5 Å². The minimum Gasteiger partial charge on any atom is -0.457 e. The first-order chi connectivity index (χ1) is 12.9. The van der Waals surface area contributed by atoms with E-state index < -0.39 is 0 Å². The van der Waals surface area contributed by atoms with Gasteiger partial charge in [-0.1, -0.05) is 78.9 Å². The lowest BCUT2D eigenvalue weighted by atomic mass is 9.66. The summed E-state index contributed by atoms with van der Waals surface area (Å²) in [6.07, 6.45) is 0. The van der Waals surface area contributed by atoms with Gasteiger partial charge in [-0.15, -0.1) is 0 Å². The van der Waals surface area contributed by atoms with E-state index in [2.05, 4.69) is 78.9 Å². The molecule has 1 aliphatic carbocycles. The van der Waals surface area contributed by atoms with E-state index in [1.807, 2.05) is 18.2 Å². The maximum atomic E-state index is 6.28. The molecule has 2 aliphatic rings. The summed E-state index contributed by atoms with van der Waals surface area (Å²) in [6, 6.07) is 35.4. The van der Waals surface area contributed by atoms with Gasteiger partial charge in [-0.2, -0.15) is 0 Å². The van der Waals surface area contributed by atoms with Crippen LogP contribution in [0.4, 0.5) is 0 Å². The number of hydrogen-bond acceptors (Lipinski definition) is 1. The minimum absolute atomic E-state index is 0.352. The van der Waals surface area contributed by atoms with Gasteiger partial charge in [0, 0.05) is 11.1 Å². The molecule has 1 aliphatic heterocycles. The van der Waals surface area contributed by atoms with E-state index in [1.165, 1.54) is 33.4 Å². The molecule has 0 saturated heterocycles. The first-order valence-electron chi connectivity index (χ1n) is 8.88. The highest BCUT2D eigenvalue weighted by Gasteiger charge is 2.50. The van der Waals surface area contributed by atoms with E-state index in [1.54, 1.807) is 0 Å². The van der Waals surface area contributed by atoms with E-state index in [9.17, 15) is 0 Å². The molecule has 0 atom stereocenters. The Morgan fingerprint density at radius 2 is 1.15 bits per heavy atom. The van der Waals surface area contributed by atoms with Crippen molar-refractivity contribution < 1.29 is 4.74 Å². The Kier molecular flexibility index (Phi) is 2.60. The predicted molar refractivity (Wildman–Crippen MR) is 103 cm³/mol. The van der Waals surface area contributed by atoms with Crippen molar-refractivity contribution >= 4 is 0 Å². The molecule has 0 unspecified atom stereocenters. The molecule has 0 amide bonds. The van der Waals surface area contributed by atoms with Crippen LogP contribution in [0.3, 0.4) is 0 Å². The van der Waals surface area contributed by atoms with Gasteiger partial charge in [-0.3, -0.25) is 0 Å². The van der Waals surface area contributed by atoms with E-state index >= 15 is 0 Å². The molecule has 4 aromatic rings. The number of rotatable bonds is 0. The van der Waals surface area contributed by atoms with Crippen LogP contribution in [-0.4, -0.2) is 0 Å². The van der Waals surface area contributed by atoms with Gasteiger partial charge in [0.1, 0.15) is 11.5 Å². The molecule has 6 rings (SSSR count). The van der Waals surface area contributed by atoms with Crippen molar-refractivity contribution in [1.29, 1.82) is 0 Å². The van der Waals surface area contributed by atoms with Gasteiger partial charge < -0.3 is 4.74 Å². The van der Waals surface area contributed by atoms with Crippen molar-refractivity contribution in [3.05, 3.63) is 119 Å². The number of hydrogen-bond donors (Lipinski definition) is 0. The minimum atomic E-state index is -0.352. The van der Waals surface area contributed by atoms with Gasteiger partial charge in [0.05, 0.1) is 5.41 Å². The third-order valence-electron chi connectivity index (χ3n) is 5.66. The van der Waals surface area contributed by atoms with Crippen LogP contribution in [0, 0.1) is 6.07 Å². The van der Waals surface area contributed by atoms with Crippen LogP contribution in [0.25, 0.3) is 11.1 Å². The zero-order valence-electron chi connectivity index (χ0n) is 14.1. The molecule has 121 valence electrons. The Balaban J connectivity index is 1.87. The summed E-state index contributed by atoms with van der Waals surface area (Å²) < 4.78 is 6.28. The predicted octanol–water partition coefficient (Wildman–Crippen LogP) is 5.96. The molecule has 1 nitrogen and oxygen atoms in total. The molecular formula is C25H15O. The van der Waals surface area contributed by atoms with E-state index in [4.69, 9.17) is 4.74 Å². The Morgan fingerprint density at radius 1 is 0.577 bits per heavy atom. The van der Waals surface area contributed by atoms with Crippen molar-refractivity contribution in [1.82, 2.24) is 0 Å². The van der Waals surface area contributed by atoms with Crippen LogP contribution in [0.1, 0.15) is 22.3 Å². The highest BCUT2D eigenvalue weighted by molar-refractivity contribution is 5.88. The second-order valence-corrected chi connectivity index (χ2v) is 6.85. The van der Waals surface area contributed by atoms with Crippen molar-refractivity contribution in [2.75, 3.05) is 0 Å². The normalized spacial score (nSPS) is 14.8. The Labute approximate surface area is 152 Å². The van der Waals surface area contributed by atoms with Crippen molar-refractivity contribution in [3.8, 4) is 22.6 Å². The van der Waals surface area contributed by atoms with E-state index in [-0.39, 0.29) is 5.41 Å². The van der Waals surface area contributed by atoms with Gasteiger partial charge in [-0.25, -0.2) is 0 Å². The zero-order chi connectivity index (χ0) is 17.1. The average molecular weight is 331 g/mol. The molecule has 0 bridgehead atoms. The number of ether oxygens (including phenoxy) is 1. The number of para-hydroxylation sites is 2. The Bertz CT molecular complexity index is 1080. The summed E-state index contributed by atoms with van der Waals surface area (Å²) in [5.41, 5.74) is 7.08. The van der Waals surface area contributed by atoms with Crippen molar-refractivity contribution in [2.24, 2.45) is 0 Å². The fourth-order valence-electron chi connectivity index (χ4n) is 4.72. The molecule has 26 heavy (non-hydrogen) atoms. The summed E-state index contributed by atoms with van der Waals surface area (Å²) in [7, 11) is 0. The second-order valence-electron chi connectivity index (χ2n) is 6.85. The number of benzene rings is 4. The monoisotopic (exact) mass is 331 g/mol. The number of fused-ring (bicyclic) bond motifs is 9. The zero-order valence-corrected chi connectivity index (χ0v) is 14.1. The molecule has 0 aromatic heterocycles. The molecule has 1 spiro atoms. The molecule has 1 radical (unpaired) electrons. The van der Waals surface area contributed by atoms with Gasteiger partial charge in [0.25, 0.3) is 0 Å². The summed E-state index contributed by atoms with van der Waals surface area (Å²) in [4.78, 5) is 0. The summed E-state index contributed by atoms with van der Waals surface area (Å²) >= 11 is 0. The molecule has 0 saturated carbocycles. The molecule has 4 aromatic carbocycles. The smallest absolute Gasteiger partial charge is 0.132 e. The summed E-state index contributed by atoms with van der Waals surface area (Å²) in [5, 5.41) is 0. The van der Waals surface area contributed by atoms with Gasteiger partial charge in [0.2, 0.25) is 0 Å². The van der Waals surface area contributed by atoms with Crippen molar-refractivity contribution in [2.45, 2.75) is 5.41 Å². The lowest BCUT2D eigenvalue weighted by Gasteiger charge is -2.39. The Morgan fingerprint density at radius 3 is 1.88 bits per heavy atom. The summed E-state index contributed by atoms with van der Waals surface area (Å²) in [6.45, 7) is 0. The third-order valence-corrected chi connectivity index (χ3v) is 5.66. The van der Waals surface area contributed by atoms with Crippen LogP contribution >= 0.6 is 0 Å². The van der Waals surface area contributed by atoms with E-state index in [0.717, 1.165) is 11.5 Å². The van der Waals surface area contributed by atoms with Crippen LogP contribution < -0.4 is 4.74 Å². The topological polar surface area (TPSA) is 9.23 Å². The molecule has 1 heteroatoms. The quantitative estimate of drug-likeness (QED) is 0.334. The summed E-state index contributed by atoms with van der Waals surface area (Å²) in [5.74, 6) is 1.86. The molecule has 0 N–H and O–H groups in total. The van der Waals surface area contributed by atoms with Gasteiger partial charge in [0.15, 0.2) is 0 Å². The fraction of sp³-hybridized carbons (Fsp3) is 0.0400. The maximum Gasteiger partial charge on any atom is 0.132 e. The lowest BCUT2D eigenvalue weighted by molar-refractivity contribution is 0.436. The highest BCUT2D eigenvalue weighted by atomic mass is 16.5. The molecule has 1 heterocycles. The highest BCUT2D eigenvalue weighted by Crippen LogP contribution is 2.61. The third kappa shape index (κ3) is 1.52. The average Bonchev–Trinajstić information content (AvgIpc) is 3.00. The lowest BCUT2D eigenvalue weighted by Crippen LogP contribution is -2.32. The molecule has 0 fully saturated rings. The first kappa shape index (κ1) is 13.9. The van der Waals surface area contributed by atoms with Crippen LogP contribution in [0.2, 0.25) is 0 Å². The maximum absolute atomic E-state index is 6.28. The van der Waals surface area contributed by atoms with Crippen LogP contribution in [0.15, 0.2) is 91.0 Å². The van der Waals surface area contributed by atoms with E-state index in [0.29, 0.717) is 0 Å². The first-order valence-corrected chi connectivity index (χ1v) is 8.88. The second kappa shape index (κ2) is 4.86. The standard InChI is InChI=1S/C25H15O/c1-3-11-19-17(9-1)18-10-2-4-12-20(18)25(19)21-13-5-7-15-23(21)26-24-16-8-6-14-22(24)25/h1-9,11-16H. The van der Waals surface area contributed by atoms with Crippen LogP contribution in [-0.2, 0) is 5.41 Å². The van der Waals surface area contributed by atoms with Crippen molar-refractivity contribution in [3.63, 3.8) is 0 Å². The van der Waals surface area contributed by atoms with Gasteiger partial charge >= 0.3 is 0 Å².